The van der Waals surface area contributed by atoms with Crippen molar-refractivity contribution in [3.05, 3.63) is 82.0 Å². The third-order valence-electron chi connectivity index (χ3n) is 4.77. The summed E-state index contributed by atoms with van der Waals surface area (Å²) >= 11 is 2.81. The average molecular weight is 482 g/mol. The molecule has 0 spiro atoms. The SMILES string of the molecule is O=C(CSc1cn(CCNC(=O)c2ccc([N+](=O)[O-])cc2)c2ccccc12)Nc1nccs1. The Hall–Kier alpha value is -3.70. The van der Waals surface area contributed by atoms with Crippen LogP contribution in [0.2, 0.25) is 0 Å². The van der Waals surface area contributed by atoms with E-state index in [0.29, 0.717) is 23.8 Å². The summed E-state index contributed by atoms with van der Waals surface area (Å²) in [7, 11) is 0. The quantitative estimate of drug-likeness (QED) is 0.210. The molecule has 0 saturated carbocycles. The maximum atomic E-state index is 12.3. The molecule has 0 saturated heterocycles. The lowest BCUT2D eigenvalue weighted by Gasteiger charge is -2.07. The monoisotopic (exact) mass is 481 g/mol. The molecule has 2 N–H and O–H groups in total. The number of carbonyl (C=O) groups excluding carboxylic acids is 2. The number of rotatable bonds is 9. The zero-order valence-electron chi connectivity index (χ0n) is 17.3. The Labute approximate surface area is 197 Å². The van der Waals surface area contributed by atoms with Gasteiger partial charge in [0, 0.05) is 64.4 Å². The van der Waals surface area contributed by atoms with E-state index in [2.05, 4.69) is 15.6 Å². The highest BCUT2D eigenvalue weighted by Crippen LogP contribution is 2.30. The Balaban J connectivity index is 1.37. The van der Waals surface area contributed by atoms with Gasteiger partial charge in [-0.1, -0.05) is 18.2 Å². The molecule has 0 fully saturated rings. The third-order valence-corrected chi connectivity index (χ3v) is 6.50. The minimum atomic E-state index is -0.503. The Kier molecular flexibility index (Phi) is 7.01. The summed E-state index contributed by atoms with van der Waals surface area (Å²) in [4.78, 5) is 39.8. The van der Waals surface area contributed by atoms with Crippen molar-refractivity contribution in [1.29, 1.82) is 0 Å². The molecule has 2 aromatic carbocycles. The van der Waals surface area contributed by atoms with E-state index < -0.39 is 4.92 Å². The van der Waals surface area contributed by atoms with E-state index in [-0.39, 0.29) is 23.3 Å². The molecule has 0 aliphatic heterocycles. The topological polar surface area (TPSA) is 119 Å². The van der Waals surface area contributed by atoms with Crippen molar-refractivity contribution in [2.45, 2.75) is 11.4 Å². The number of amides is 2. The van der Waals surface area contributed by atoms with Gasteiger partial charge < -0.3 is 15.2 Å². The molecule has 168 valence electrons. The molecular formula is C22H19N5O4S2. The number of nitrogens with one attached hydrogen (secondary N) is 2. The lowest BCUT2D eigenvalue weighted by Crippen LogP contribution is -2.27. The van der Waals surface area contributed by atoms with Crippen molar-refractivity contribution in [2.24, 2.45) is 0 Å². The Morgan fingerprint density at radius 3 is 2.67 bits per heavy atom. The third kappa shape index (κ3) is 5.57. The van der Waals surface area contributed by atoms with E-state index in [1.807, 2.05) is 35.0 Å². The number of nitro groups is 1. The van der Waals surface area contributed by atoms with Crippen LogP contribution in [0.5, 0.6) is 0 Å². The predicted octanol–water partition coefficient (Wildman–Crippen LogP) is 4.17. The van der Waals surface area contributed by atoms with Gasteiger partial charge in [-0.05, 0) is 18.2 Å². The smallest absolute Gasteiger partial charge is 0.269 e. The van der Waals surface area contributed by atoms with Crippen LogP contribution in [-0.4, -0.2) is 38.6 Å². The van der Waals surface area contributed by atoms with Crippen LogP contribution in [0.3, 0.4) is 0 Å². The first-order valence-corrected chi connectivity index (χ1v) is 11.8. The Bertz CT molecular complexity index is 1290. The van der Waals surface area contributed by atoms with Crippen molar-refractivity contribution < 1.29 is 14.5 Å². The van der Waals surface area contributed by atoms with Crippen LogP contribution in [0.25, 0.3) is 10.9 Å². The number of non-ortho nitro benzene ring substituents is 1. The van der Waals surface area contributed by atoms with Gasteiger partial charge in [-0.3, -0.25) is 19.7 Å². The second-order valence-corrected chi connectivity index (χ2v) is 8.85. The van der Waals surface area contributed by atoms with Crippen molar-refractivity contribution in [3.63, 3.8) is 0 Å². The number of thioether (sulfide) groups is 1. The van der Waals surface area contributed by atoms with Crippen molar-refractivity contribution in [1.82, 2.24) is 14.9 Å². The van der Waals surface area contributed by atoms with Crippen LogP contribution in [-0.2, 0) is 11.3 Å². The highest BCUT2D eigenvalue weighted by molar-refractivity contribution is 8.00. The zero-order chi connectivity index (χ0) is 23.2. The standard InChI is InChI=1S/C22H19N5O4S2/c28-20(25-22-24-10-12-32-22)14-33-19-13-26(18-4-2-1-3-17(18)19)11-9-23-21(29)15-5-7-16(8-6-15)27(30)31/h1-8,10,12-13H,9,11,14H2,(H,23,29)(H,24,25,28). The zero-order valence-corrected chi connectivity index (χ0v) is 18.9. The second kappa shape index (κ2) is 10.3. The number of nitrogens with zero attached hydrogens (tertiary/aromatic N) is 3. The van der Waals surface area contributed by atoms with Crippen LogP contribution in [0.1, 0.15) is 10.4 Å². The fourth-order valence-electron chi connectivity index (χ4n) is 3.22. The highest BCUT2D eigenvalue weighted by Gasteiger charge is 2.13. The minimum Gasteiger partial charge on any atom is -0.350 e. The molecule has 33 heavy (non-hydrogen) atoms. The molecule has 0 aliphatic carbocycles. The van der Waals surface area contributed by atoms with E-state index in [9.17, 15) is 19.7 Å². The van der Waals surface area contributed by atoms with E-state index >= 15 is 0 Å². The van der Waals surface area contributed by atoms with E-state index in [1.54, 1.807) is 11.6 Å². The molecule has 0 bridgehead atoms. The summed E-state index contributed by atoms with van der Waals surface area (Å²) in [6.45, 7) is 0.911. The molecular weight excluding hydrogens is 462 g/mol. The number of nitro benzene ring substituents is 1. The highest BCUT2D eigenvalue weighted by atomic mass is 32.2. The molecule has 9 nitrogen and oxygen atoms in total. The summed E-state index contributed by atoms with van der Waals surface area (Å²) in [5.41, 5.74) is 1.31. The molecule has 2 amide bonds. The number of thiazole rings is 1. The van der Waals surface area contributed by atoms with E-state index in [1.165, 1.54) is 47.4 Å². The predicted molar refractivity (Wildman–Crippen MR) is 129 cm³/mol. The van der Waals surface area contributed by atoms with Crippen molar-refractivity contribution in [2.75, 3.05) is 17.6 Å². The first-order chi connectivity index (χ1) is 16.0. The van der Waals surface area contributed by atoms with Crippen molar-refractivity contribution >= 4 is 56.6 Å². The first kappa shape index (κ1) is 22.5. The maximum absolute atomic E-state index is 12.3. The van der Waals surface area contributed by atoms with Crippen LogP contribution >= 0.6 is 23.1 Å². The minimum absolute atomic E-state index is 0.0595. The van der Waals surface area contributed by atoms with E-state index in [4.69, 9.17) is 0 Å². The van der Waals surface area contributed by atoms with Gasteiger partial charge >= 0.3 is 0 Å². The molecule has 11 heteroatoms. The molecule has 0 unspecified atom stereocenters. The molecule has 2 heterocycles. The van der Waals surface area contributed by atoms with Crippen LogP contribution in [0.15, 0.2) is 71.2 Å². The summed E-state index contributed by atoms with van der Waals surface area (Å²) in [5, 5.41) is 19.8. The van der Waals surface area contributed by atoms with Gasteiger partial charge in [-0.25, -0.2) is 4.98 Å². The molecule has 0 aliphatic rings. The molecule has 0 radical (unpaired) electrons. The number of carbonyl (C=O) groups is 2. The van der Waals surface area contributed by atoms with Gasteiger partial charge in [-0.15, -0.1) is 23.1 Å². The summed E-state index contributed by atoms with van der Waals surface area (Å²) in [5.74, 6) is -0.165. The fourth-order valence-corrected chi connectivity index (χ4v) is 4.66. The second-order valence-electron chi connectivity index (χ2n) is 6.94. The molecule has 4 rings (SSSR count). The van der Waals surface area contributed by atoms with E-state index in [0.717, 1.165) is 15.8 Å². The fraction of sp³-hybridized carbons (Fsp3) is 0.136. The van der Waals surface area contributed by atoms with Gasteiger partial charge in [0.15, 0.2) is 5.13 Å². The summed E-state index contributed by atoms with van der Waals surface area (Å²) < 4.78 is 2.03. The maximum Gasteiger partial charge on any atom is 0.269 e. The average Bonchev–Trinajstić information content (AvgIpc) is 3.46. The van der Waals surface area contributed by atoms with Gasteiger partial charge in [0.05, 0.1) is 10.7 Å². The number of fused-ring (bicyclic) bond motifs is 1. The lowest BCUT2D eigenvalue weighted by atomic mass is 10.2. The lowest BCUT2D eigenvalue weighted by molar-refractivity contribution is -0.384. The van der Waals surface area contributed by atoms with Gasteiger partial charge in [0.2, 0.25) is 5.91 Å². The number of benzene rings is 2. The van der Waals surface area contributed by atoms with Gasteiger partial charge in [-0.2, -0.15) is 0 Å². The molecule has 2 aromatic heterocycles. The van der Waals surface area contributed by atoms with Crippen LogP contribution in [0, 0.1) is 10.1 Å². The molecule has 0 atom stereocenters. The Morgan fingerprint density at radius 2 is 1.94 bits per heavy atom. The number of aromatic nitrogens is 2. The largest absolute Gasteiger partial charge is 0.350 e. The normalized spacial score (nSPS) is 10.8. The Morgan fingerprint density at radius 1 is 1.15 bits per heavy atom. The summed E-state index contributed by atoms with van der Waals surface area (Å²) in [6.07, 6.45) is 3.62. The number of anilines is 1. The molecule has 4 aromatic rings. The van der Waals surface area contributed by atoms with Gasteiger partial charge in [0.25, 0.3) is 11.6 Å². The van der Waals surface area contributed by atoms with Gasteiger partial charge in [0.1, 0.15) is 0 Å². The van der Waals surface area contributed by atoms with Crippen LogP contribution < -0.4 is 10.6 Å². The van der Waals surface area contributed by atoms with Crippen LogP contribution in [0.4, 0.5) is 10.8 Å². The number of para-hydroxylation sites is 1. The van der Waals surface area contributed by atoms with Crippen molar-refractivity contribution in [3.8, 4) is 0 Å². The number of hydrogen-bond donors (Lipinski definition) is 2. The summed E-state index contributed by atoms with van der Waals surface area (Å²) in [6, 6.07) is 13.4. The first-order valence-electron chi connectivity index (χ1n) is 9.94. The number of hydrogen-bond acceptors (Lipinski definition) is 7.